The molecule has 10 heteroatoms. The number of esters is 1. The van der Waals surface area contributed by atoms with Gasteiger partial charge in [-0.1, -0.05) is 30.1 Å². The topological polar surface area (TPSA) is 112 Å². The number of nitrogens with one attached hydrogen (secondary N) is 1. The molecule has 178 valence electrons. The molecule has 0 spiro atoms. The zero-order valence-corrected chi connectivity index (χ0v) is 20.5. The number of ketones is 1. The number of rotatable bonds is 9. The fourth-order valence-electron chi connectivity index (χ4n) is 4.23. The highest BCUT2D eigenvalue weighted by molar-refractivity contribution is 6.39. The summed E-state index contributed by atoms with van der Waals surface area (Å²) in [6.45, 7) is 4.12. The molecule has 1 saturated heterocycles. The van der Waals surface area contributed by atoms with Gasteiger partial charge < -0.3 is 20.4 Å². The predicted molar refractivity (Wildman–Crippen MR) is 130 cm³/mol. The molecule has 3 N–H and O–H groups in total. The van der Waals surface area contributed by atoms with Gasteiger partial charge in [-0.25, -0.2) is 9.98 Å². The number of hydrogen-bond acceptors (Lipinski definition) is 6. The van der Waals surface area contributed by atoms with Crippen LogP contribution in [-0.4, -0.2) is 40.3 Å². The Bertz CT molecular complexity index is 1030. The van der Waals surface area contributed by atoms with E-state index in [0.29, 0.717) is 53.1 Å². The number of aliphatic imine (C=N–C) groups is 1. The molecule has 1 unspecified atom stereocenters. The largest absolute Gasteiger partial charge is 0.466 e. The average molecular weight is 494 g/mol. The molecule has 2 heterocycles. The van der Waals surface area contributed by atoms with E-state index >= 15 is 0 Å². The number of ether oxygens (including phenoxy) is 1. The van der Waals surface area contributed by atoms with Crippen LogP contribution in [-0.2, 0) is 27.8 Å². The summed E-state index contributed by atoms with van der Waals surface area (Å²) in [6.07, 6.45) is 5.27. The number of nitrogen functional groups attached to an aromatic ring is 1. The molecule has 0 saturated carbocycles. The summed E-state index contributed by atoms with van der Waals surface area (Å²) in [4.78, 5) is 34.0. The summed E-state index contributed by atoms with van der Waals surface area (Å²) in [5.41, 5.74) is 7.58. The zero-order valence-electron chi connectivity index (χ0n) is 19.0. The lowest BCUT2D eigenvalue weighted by Gasteiger charge is -2.27. The van der Waals surface area contributed by atoms with Crippen molar-refractivity contribution in [1.82, 2.24) is 14.9 Å². The van der Waals surface area contributed by atoms with Crippen molar-refractivity contribution in [3.8, 4) is 0 Å². The third-order valence-electron chi connectivity index (χ3n) is 5.95. The third-order valence-corrected chi connectivity index (χ3v) is 6.52. The third kappa shape index (κ3) is 6.06. The second-order valence-corrected chi connectivity index (χ2v) is 9.09. The van der Waals surface area contributed by atoms with Gasteiger partial charge in [0, 0.05) is 49.9 Å². The van der Waals surface area contributed by atoms with Crippen LogP contribution in [0.2, 0.25) is 10.0 Å². The second-order valence-electron chi connectivity index (χ2n) is 8.28. The van der Waals surface area contributed by atoms with E-state index < -0.39 is 5.92 Å². The van der Waals surface area contributed by atoms with Gasteiger partial charge in [0.15, 0.2) is 0 Å². The van der Waals surface area contributed by atoms with Crippen LogP contribution in [0.4, 0.5) is 11.4 Å². The Morgan fingerprint density at radius 1 is 1.36 bits per heavy atom. The van der Waals surface area contributed by atoms with E-state index in [2.05, 4.69) is 15.3 Å². The lowest BCUT2D eigenvalue weighted by molar-refractivity contribution is -0.144. The minimum absolute atomic E-state index is 0.0586. The van der Waals surface area contributed by atoms with Crippen LogP contribution in [0.3, 0.4) is 0 Å². The van der Waals surface area contributed by atoms with E-state index in [0.717, 1.165) is 5.69 Å². The highest BCUT2D eigenvalue weighted by atomic mass is 35.5. The lowest BCUT2D eigenvalue weighted by Crippen LogP contribution is -2.36. The number of carbonyl (C=O) groups is 2. The molecule has 3 atom stereocenters. The van der Waals surface area contributed by atoms with E-state index in [4.69, 9.17) is 33.7 Å². The Kier molecular flexibility index (Phi) is 8.37. The molecule has 0 radical (unpaired) electrons. The number of aryl methyl sites for hydroxylation is 1. The van der Waals surface area contributed by atoms with Crippen molar-refractivity contribution in [2.45, 2.75) is 33.1 Å². The van der Waals surface area contributed by atoms with Gasteiger partial charge in [0.05, 0.1) is 28.9 Å². The van der Waals surface area contributed by atoms with Gasteiger partial charge in [-0.3, -0.25) is 9.59 Å². The number of hydrogen-bond donors (Lipinski definition) is 2. The van der Waals surface area contributed by atoms with Gasteiger partial charge in [0.2, 0.25) is 0 Å². The summed E-state index contributed by atoms with van der Waals surface area (Å²) in [5.74, 6) is -0.711. The Labute approximate surface area is 203 Å². The van der Waals surface area contributed by atoms with Crippen molar-refractivity contribution in [2.75, 3.05) is 18.9 Å². The molecule has 0 amide bonds. The first-order chi connectivity index (χ1) is 15.7. The van der Waals surface area contributed by atoms with Crippen LogP contribution in [0.1, 0.15) is 32.4 Å². The van der Waals surface area contributed by atoms with Gasteiger partial charge in [-0.05, 0) is 31.4 Å². The maximum atomic E-state index is 13.7. The first kappa shape index (κ1) is 25.1. The summed E-state index contributed by atoms with van der Waals surface area (Å²) < 4.78 is 7.25. The molecule has 0 aliphatic carbocycles. The number of imidazole rings is 1. The molecule has 33 heavy (non-hydrogen) atoms. The summed E-state index contributed by atoms with van der Waals surface area (Å²) in [5, 5.41) is 3.85. The molecule has 1 aromatic carbocycles. The van der Waals surface area contributed by atoms with Crippen molar-refractivity contribution in [1.29, 1.82) is 0 Å². The second kappa shape index (κ2) is 11.0. The first-order valence-electron chi connectivity index (χ1n) is 10.9. The average Bonchev–Trinajstić information content (AvgIpc) is 3.37. The van der Waals surface area contributed by atoms with E-state index in [9.17, 15) is 9.59 Å². The number of Topliss-reactive ketones (excluding diaryl/α,β-unsaturated/α-hetero) is 1. The van der Waals surface area contributed by atoms with E-state index in [1.807, 2.05) is 18.5 Å². The number of anilines is 1. The Hall–Kier alpha value is -2.58. The van der Waals surface area contributed by atoms with Crippen LogP contribution in [0, 0.1) is 17.8 Å². The molecule has 0 bridgehead atoms. The Morgan fingerprint density at radius 2 is 2.06 bits per heavy atom. The number of nitrogens with two attached hydrogens (primary N) is 1. The van der Waals surface area contributed by atoms with Crippen molar-refractivity contribution in [3.05, 3.63) is 40.4 Å². The van der Waals surface area contributed by atoms with Gasteiger partial charge in [-0.2, -0.15) is 0 Å². The fourth-order valence-corrected chi connectivity index (χ4v) is 4.82. The fraction of sp³-hybridized carbons (Fsp3) is 0.478. The van der Waals surface area contributed by atoms with Gasteiger partial charge >= 0.3 is 5.97 Å². The molecule has 1 aromatic heterocycles. The highest BCUT2D eigenvalue weighted by Gasteiger charge is 2.37. The quantitative estimate of drug-likeness (QED) is 0.403. The molecule has 3 rings (SSSR count). The number of aromatic nitrogens is 2. The first-order valence-corrected chi connectivity index (χ1v) is 11.7. The summed E-state index contributed by atoms with van der Waals surface area (Å²) in [7, 11) is 1.90. The predicted octanol–water partition coefficient (Wildman–Crippen LogP) is 3.97. The van der Waals surface area contributed by atoms with E-state index in [-0.39, 0.29) is 30.2 Å². The van der Waals surface area contributed by atoms with Gasteiger partial charge in [0.1, 0.15) is 17.3 Å². The van der Waals surface area contributed by atoms with Crippen molar-refractivity contribution >= 4 is 52.2 Å². The summed E-state index contributed by atoms with van der Waals surface area (Å²) >= 11 is 12.6. The van der Waals surface area contributed by atoms with Gasteiger partial charge in [0.25, 0.3) is 0 Å². The van der Waals surface area contributed by atoms with Crippen LogP contribution in [0.15, 0.2) is 29.6 Å². The highest BCUT2D eigenvalue weighted by Crippen LogP contribution is 2.37. The summed E-state index contributed by atoms with van der Waals surface area (Å²) in [6, 6.07) is 3.16. The Morgan fingerprint density at radius 3 is 2.64 bits per heavy atom. The van der Waals surface area contributed by atoms with Crippen molar-refractivity contribution in [3.63, 3.8) is 0 Å². The molecule has 1 aliphatic rings. The smallest absolute Gasteiger partial charge is 0.302 e. The maximum absolute atomic E-state index is 13.7. The minimum Gasteiger partial charge on any atom is -0.466 e. The van der Waals surface area contributed by atoms with Crippen molar-refractivity contribution < 1.29 is 14.3 Å². The normalized spacial score (nSPS) is 18.7. The van der Waals surface area contributed by atoms with Crippen LogP contribution >= 0.6 is 23.2 Å². The van der Waals surface area contributed by atoms with Crippen LogP contribution in [0.5, 0.6) is 0 Å². The molecular formula is C23H29Cl2N5O3. The molecule has 1 fully saturated rings. The number of carbonyl (C=O) groups excluding carboxylic acids is 2. The molecule has 8 nitrogen and oxygen atoms in total. The maximum Gasteiger partial charge on any atom is 0.302 e. The monoisotopic (exact) mass is 493 g/mol. The zero-order chi connectivity index (χ0) is 24.1. The van der Waals surface area contributed by atoms with Crippen LogP contribution < -0.4 is 11.1 Å². The number of halogens is 2. The van der Waals surface area contributed by atoms with Gasteiger partial charge in [-0.15, -0.1) is 0 Å². The number of amidine groups is 1. The van der Waals surface area contributed by atoms with E-state index in [1.54, 1.807) is 24.7 Å². The number of benzene rings is 1. The molecular weight excluding hydrogens is 465 g/mol. The standard InChI is InChI=1S/C23H29Cl2N5O3/c1-4-17(14(11-33-13(2)31)7-16-10-27-12-30(16)3)22(32)18-5-6-28-23(18)29-21-19(24)8-15(26)9-20(21)25/h8-10,12,14,17-18H,4-7,11,26H2,1-3H3,(H,28,29)/t14-,17-,18?/m0/s1. The molecule has 1 aliphatic heterocycles. The lowest BCUT2D eigenvalue weighted by atomic mass is 9.79. The molecule has 2 aromatic rings. The number of nitrogens with zero attached hydrogens (tertiary/aromatic N) is 3. The van der Waals surface area contributed by atoms with E-state index in [1.165, 1.54) is 6.92 Å². The van der Waals surface area contributed by atoms with Crippen molar-refractivity contribution in [2.24, 2.45) is 29.8 Å². The Balaban J connectivity index is 1.88. The van der Waals surface area contributed by atoms with Crippen LogP contribution in [0.25, 0.3) is 0 Å². The SMILES string of the molecule is CC[C@H](C(=O)C1CCN/C1=N\c1c(Cl)cc(N)cc1Cl)[C@H](COC(C)=O)Cc1cncn1C. The minimum atomic E-state index is -0.425.